The van der Waals surface area contributed by atoms with E-state index in [0.29, 0.717) is 18.8 Å². The first-order chi connectivity index (χ1) is 12.8. The number of carbonyl (C=O) groups excluding carboxylic acids is 1. The second-order valence-corrected chi connectivity index (χ2v) is 6.26. The second-order valence-electron chi connectivity index (χ2n) is 6.26. The predicted octanol–water partition coefficient (Wildman–Crippen LogP) is 3.29. The van der Waals surface area contributed by atoms with E-state index in [4.69, 9.17) is 9.05 Å². The van der Waals surface area contributed by atoms with Crippen LogP contribution in [0.25, 0.3) is 11.4 Å². The zero-order valence-corrected chi connectivity index (χ0v) is 14.0. The Balaban J connectivity index is 1.45. The summed E-state index contributed by atoms with van der Waals surface area (Å²) in [5.41, 5.74) is -0.346. The van der Waals surface area contributed by atoms with Crippen LogP contribution in [0.1, 0.15) is 33.6 Å². The van der Waals surface area contributed by atoms with Gasteiger partial charge in [-0.15, -0.1) is 0 Å². The number of carbonyl (C=O) groups is 1. The van der Waals surface area contributed by atoms with Crippen molar-refractivity contribution in [1.82, 2.24) is 20.2 Å². The van der Waals surface area contributed by atoms with E-state index in [-0.39, 0.29) is 34.8 Å². The third-order valence-corrected chi connectivity index (χ3v) is 4.25. The highest BCUT2D eigenvalue weighted by Gasteiger charge is 2.37. The van der Waals surface area contributed by atoms with Gasteiger partial charge in [-0.3, -0.25) is 4.79 Å². The van der Waals surface area contributed by atoms with Crippen molar-refractivity contribution in [2.45, 2.75) is 19.0 Å². The van der Waals surface area contributed by atoms with E-state index in [1.807, 2.05) is 0 Å². The van der Waals surface area contributed by atoms with Crippen LogP contribution in [0.3, 0.4) is 0 Å². The van der Waals surface area contributed by atoms with Crippen LogP contribution in [0.15, 0.2) is 39.4 Å². The molecule has 1 aliphatic rings. The van der Waals surface area contributed by atoms with E-state index in [0.717, 1.165) is 12.1 Å². The van der Waals surface area contributed by atoms with E-state index in [1.165, 1.54) is 12.1 Å². The van der Waals surface area contributed by atoms with Crippen LogP contribution in [0.2, 0.25) is 0 Å². The van der Waals surface area contributed by atoms with Gasteiger partial charge in [0.2, 0.25) is 11.7 Å². The maximum absolute atomic E-state index is 12.8. The first-order valence-electron chi connectivity index (χ1n) is 8.05. The molecule has 2 aromatic heterocycles. The smallest absolute Gasteiger partial charge is 0.361 e. The number of amides is 1. The lowest BCUT2D eigenvalue weighted by atomic mass is 9.99. The molecule has 140 valence electrons. The standard InChI is InChI=1S/C17H13F3N4O3/c1-9-5-13(22-26-9)16(25)24-7-11(8-24)15-21-14(23-27-15)10-3-2-4-12(6-10)17(18,19)20/h2-6,11H,7-8H2,1H3. The lowest BCUT2D eigenvalue weighted by Gasteiger charge is -2.36. The van der Waals surface area contributed by atoms with E-state index >= 15 is 0 Å². The molecule has 0 aliphatic carbocycles. The van der Waals surface area contributed by atoms with E-state index in [2.05, 4.69) is 15.3 Å². The summed E-state index contributed by atoms with van der Waals surface area (Å²) in [6.07, 6.45) is -4.45. The van der Waals surface area contributed by atoms with Crippen molar-refractivity contribution in [3.8, 4) is 11.4 Å². The fourth-order valence-electron chi connectivity index (χ4n) is 2.78. The van der Waals surface area contributed by atoms with Gasteiger partial charge in [-0.05, 0) is 19.1 Å². The zero-order valence-electron chi connectivity index (χ0n) is 14.0. The third kappa shape index (κ3) is 3.29. The summed E-state index contributed by atoms with van der Waals surface area (Å²) in [6.45, 7) is 2.40. The SMILES string of the molecule is Cc1cc(C(=O)N2CC(c3nc(-c4cccc(C(F)(F)F)c4)no3)C2)no1. The van der Waals surface area contributed by atoms with E-state index in [1.54, 1.807) is 17.9 Å². The minimum atomic E-state index is -4.45. The molecule has 0 spiro atoms. The monoisotopic (exact) mass is 378 g/mol. The molecule has 0 N–H and O–H groups in total. The minimum Gasteiger partial charge on any atom is -0.361 e. The number of benzene rings is 1. The van der Waals surface area contributed by atoms with Crippen molar-refractivity contribution in [2.24, 2.45) is 0 Å². The Kier molecular flexibility index (Phi) is 3.97. The van der Waals surface area contributed by atoms with Crippen molar-refractivity contribution >= 4 is 5.91 Å². The van der Waals surface area contributed by atoms with Gasteiger partial charge >= 0.3 is 6.18 Å². The van der Waals surface area contributed by atoms with Crippen molar-refractivity contribution in [1.29, 1.82) is 0 Å². The van der Waals surface area contributed by atoms with Crippen molar-refractivity contribution < 1.29 is 27.0 Å². The second kappa shape index (κ2) is 6.22. The highest BCUT2D eigenvalue weighted by Crippen LogP contribution is 2.33. The lowest BCUT2D eigenvalue weighted by molar-refractivity contribution is -0.137. The Morgan fingerprint density at radius 2 is 1.96 bits per heavy atom. The summed E-state index contributed by atoms with van der Waals surface area (Å²) < 4.78 is 48.5. The summed E-state index contributed by atoms with van der Waals surface area (Å²) in [6, 6.07) is 6.27. The molecule has 0 atom stereocenters. The van der Waals surface area contributed by atoms with Gasteiger partial charge < -0.3 is 13.9 Å². The highest BCUT2D eigenvalue weighted by molar-refractivity contribution is 5.92. The Hall–Kier alpha value is -3.17. The number of likely N-dealkylation sites (tertiary alicyclic amines) is 1. The topological polar surface area (TPSA) is 85.3 Å². The number of alkyl halides is 3. The Bertz CT molecular complexity index is 989. The van der Waals surface area contributed by atoms with Gasteiger partial charge in [0, 0.05) is 24.7 Å². The van der Waals surface area contributed by atoms with Crippen molar-refractivity contribution in [3.05, 3.63) is 53.2 Å². The molecule has 10 heteroatoms. The number of rotatable bonds is 3. The van der Waals surface area contributed by atoms with Gasteiger partial charge in [0.1, 0.15) is 5.76 Å². The minimum absolute atomic E-state index is 0.0769. The fraction of sp³-hybridized carbons (Fsp3) is 0.294. The number of hydrogen-bond donors (Lipinski definition) is 0. The quantitative estimate of drug-likeness (QED) is 0.695. The molecule has 1 aromatic carbocycles. The Labute approximate surface area is 150 Å². The highest BCUT2D eigenvalue weighted by atomic mass is 19.4. The summed E-state index contributed by atoms with van der Waals surface area (Å²) >= 11 is 0. The molecule has 3 heterocycles. The lowest BCUT2D eigenvalue weighted by Crippen LogP contribution is -2.48. The normalized spacial score (nSPS) is 15.0. The average Bonchev–Trinajstić information content (AvgIpc) is 3.22. The van der Waals surface area contributed by atoms with Crippen molar-refractivity contribution in [2.75, 3.05) is 13.1 Å². The van der Waals surface area contributed by atoms with Crippen LogP contribution in [0.4, 0.5) is 13.2 Å². The van der Waals surface area contributed by atoms with Crippen LogP contribution in [-0.4, -0.2) is 39.2 Å². The molecular formula is C17H13F3N4O3. The molecule has 7 nitrogen and oxygen atoms in total. The molecule has 1 fully saturated rings. The molecule has 3 aromatic rings. The first-order valence-corrected chi connectivity index (χ1v) is 8.05. The molecule has 27 heavy (non-hydrogen) atoms. The molecule has 0 bridgehead atoms. The predicted molar refractivity (Wildman–Crippen MR) is 84.6 cm³/mol. The molecule has 0 saturated carbocycles. The third-order valence-electron chi connectivity index (χ3n) is 4.25. The first kappa shape index (κ1) is 17.3. The van der Waals surface area contributed by atoms with Gasteiger partial charge in [0.15, 0.2) is 5.69 Å². The summed E-state index contributed by atoms with van der Waals surface area (Å²) in [5.74, 6) is 0.462. The van der Waals surface area contributed by atoms with E-state index < -0.39 is 11.7 Å². The van der Waals surface area contributed by atoms with Gasteiger partial charge in [-0.2, -0.15) is 18.2 Å². The Morgan fingerprint density at radius 3 is 2.63 bits per heavy atom. The molecule has 0 radical (unpaired) electrons. The van der Waals surface area contributed by atoms with Crippen LogP contribution >= 0.6 is 0 Å². The number of aryl methyl sites for hydroxylation is 1. The molecule has 1 aliphatic heterocycles. The molecule has 0 unspecified atom stereocenters. The number of halogens is 3. The van der Waals surface area contributed by atoms with Crippen LogP contribution in [0, 0.1) is 6.92 Å². The number of nitrogens with zero attached hydrogens (tertiary/aromatic N) is 4. The fourth-order valence-corrected chi connectivity index (χ4v) is 2.78. The summed E-state index contributed by atoms with van der Waals surface area (Å²) in [4.78, 5) is 17.9. The van der Waals surface area contributed by atoms with Crippen LogP contribution < -0.4 is 0 Å². The van der Waals surface area contributed by atoms with Crippen LogP contribution in [0.5, 0.6) is 0 Å². The average molecular weight is 378 g/mol. The number of hydrogen-bond acceptors (Lipinski definition) is 6. The largest absolute Gasteiger partial charge is 0.416 e. The molecular weight excluding hydrogens is 365 g/mol. The summed E-state index contributed by atoms with van der Waals surface area (Å²) in [7, 11) is 0. The van der Waals surface area contributed by atoms with Gasteiger partial charge in [-0.25, -0.2) is 0 Å². The molecule has 1 amide bonds. The zero-order chi connectivity index (χ0) is 19.2. The molecule has 1 saturated heterocycles. The summed E-state index contributed by atoms with van der Waals surface area (Å²) in [5, 5.41) is 7.44. The van der Waals surface area contributed by atoms with Gasteiger partial charge in [0.25, 0.3) is 5.91 Å². The maximum Gasteiger partial charge on any atom is 0.416 e. The van der Waals surface area contributed by atoms with Crippen LogP contribution in [-0.2, 0) is 6.18 Å². The molecule has 4 rings (SSSR count). The van der Waals surface area contributed by atoms with E-state index in [9.17, 15) is 18.0 Å². The Morgan fingerprint density at radius 1 is 1.19 bits per heavy atom. The maximum atomic E-state index is 12.8. The van der Waals surface area contributed by atoms with Crippen molar-refractivity contribution in [3.63, 3.8) is 0 Å². The number of aromatic nitrogens is 3. The van der Waals surface area contributed by atoms with Gasteiger partial charge in [0.05, 0.1) is 11.5 Å². The van der Waals surface area contributed by atoms with Gasteiger partial charge in [-0.1, -0.05) is 22.4 Å².